The number of benzene rings is 1. The first-order valence-corrected chi connectivity index (χ1v) is 11.3. The van der Waals surface area contributed by atoms with E-state index in [1.165, 1.54) is 11.1 Å². The van der Waals surface area contributed by atoms with E-state index in [1.807, 2.05) is 0 Å². The molecule has 0 spiro atoms. The van der Waals surface area contributed by atoms with Gasteiger partial charge >= 0.3 is 0 Å². The van der Waals surface area contributed by atoms with Crippen LogP contribution in [-0.4, -0.2) is 28.7 Å². The van der Waals surface area contributed by atoms with Crippen molar-refractivity contribution >= 4 is 11.6 Å². The number of nitrogens with zero attached hydrogens (tertiary/aromatic N) is 4. The maximum absolute atomic E-state index is 15.2. The molecule has 0 saturated carbocycles. The van der Waals surface area contributed by atoms with Gasteiger partial charge in [0.1, 0.15) is 35.3 Å². The zero-order valence-corrected chi connectivity index (χ0v) is 19.3. The Balaban J connectivity index is 1.91. The number of aromatic nitrogens is 2. The fourth-order valence-corrected chi connectivity index (χ4v) is 4.10. The van der Waals surface area contributed by atoms with Gasteiger partial charge in [0.25, 0.3) is 5.91 Å². The van der Waals surface area contributed by atoms with Crippen molar-refractivity contribution in [2.45, 2.75) is 45.3 Å². The van der Waals surface area contributed by atoms with Crippen LogP contribution in [0.25, 0.3) is 11.3 Å². The van der Waals surface area contributed by atoms with Gasteiger partial charge in [-0.1, -0.05) is 13.8 Å². The summed E-state index contributed by atoms with van der Waals surface area (Å²) in [5.41, 5.74) is -1.37. The normalized spacial score (nSPS) is 15.6. The molecule has 0 radical (unpaired) electrons. The third-order valence-electron chi connectivity index (χ3n) is 5.86. The predicted molar refractivity (Wildman–Crippen MR) is 123 cm³/mol. The molecule has 4 rings (SSSR count). The number of carbonyl (C=O) groups is 1. The number of rotatable bonds is 5. The highest BCUT2D eigenvalue weighted by molar-refractivity contribution is 6.06. The highest BCUT2D eigenvalue weighted by atomic mass is 19.1. The van der Waals surface area contributed by atoms with Crippen LogP contribution in [0.1, 0.15) is 60.6 Å². The van der Waals surface area contributed by atoms with Crippen molar-refractivity contribution in [1.82, 2.24) is 9.97 Å². The first-order chi connectivity index (χ1) is 16.8. The maximum Gasteiger partial charge on any atom is 0.279 e. The number of hydrogen-bond donors (Lipinski definition) is 0. The fourth-order valence-electron chi connectivity index (χ4n) is 4.10. The number of halogens is 3. The van der Waals surface area contributed by atoms with Crippen molar-refractivity contribution in [1.29, 1.82) is 5.26 Å². The van der Waals surface area contributed by atoms with Crippen LogP contribution in [0.4, 0.5) is 18.9 Å². The minimum atomic E-state index is -1.24. The lowest BCUT2D eigenvalue weighted by atomic mass is 9.97. The number of pyridine rings is 2. The van der Waals surface area contributed by atoms with Crippen LogP contribution < -0.4 is 4.90 Å². The molecule has 3 aromatic rings. The van der Waals surface area contributed by atoms with Crippen molar-refractivity contribution in [2.75, 3.05) is 11.5 Å². The Kier molecular flexibility index (Phi) is 7.12. The Bertz CT molecular complexity index is 1290. The van der Waals surface area contributed by atoms with E-state index in [-0.39, 0.29) is 17.2 Å². The molecule has 1 aromatic carbocycles. The largest absolute Gasteiger partial charge is 0.358 e. The monoisotopic (exact) mass is 480 g/mol. The number of ether oxygens (including phenoxy) is 1. The average molecular weight is 480 g/mol. The van der Waals surface area contributed by atoms with Crippen LogP contribution in [0.15, 0.2) is 42.7 Å². The molecule has 1 aliphatic heterocycles. The minimum absolute atomic E-state index is 0.157. The van der Waals surface area contributed by atoms with E-state index in [9.17, 15) is 13.6 Å². The number of anilines is 1. The summed E-state index contributed by atoms with van der Waals surface area (Å²) in [6.45, 7) is 3.98. The second-order valence-corrected chi connectivity index (χ2v) is 8.51. The summed E-state index contributed by atoms with van der Waals surface area (Å²) in [4.78, 5) is 23.6. The van der Waals surface area contributed by atoms with Gasteiger partial charge in [-0.15, -0.1) is 0 Å². The van der Waals surface area contributed by atoms with Gasteiger partial charge in [-0.3, -0.25) is 14.7 Å². The Hall–Kier alpha value is -3.77. The lowest BCUT2D eigenvalue weighted by Gasteiger charge is -2.34. The smallest absolute Gasteiger partial charge is 0.279 e. The quantitative estimate of drug-likeness (QED) is 0.466. The average Bonchev–Trinajstić information content (AvgIpc) is 2.86. The standard InChI is InChI=1S/C26H23F3N4O2/c1-15(2)18-12-20(28)25(22-19(27)9-8-16(13-30)23(22)29)32-24(18)26(34)33(17-6-5-10-31-14-17)21-7-3-4-11-35-21/h5-6,8-10,12,14-15,21H,3-4,7,11H2,1-2H3. The van der Waals surface area contributed by atoms with Gasteiger partial charge in [-0.25, -0.2) is 18.2 Å². The molecule has 1 aliphatic rings. The van der Waals surface area contributed by atoms with Crippen LogP contribution in [-0.2, 0) is 4.74 Å². The van der Waals surface area contributed by atoms with Gasteiger partial charge < -0.3 is 4.74 Å². The van der Waals surface area contributed by atoms with Gasteiger partial charge in [0.05, 0.1) is 23.0 Å². The van der Waals surface area contributed by atoms with Gasteiger partial charge in [-0.2, -0.15) is 5.26 Å². The van der Waals surface area contributed by atoms with E-state index in [0.29, 0.717) is 18.7 Å². The summed E-state index contributed by atoms with van der Waals surface area (Å²) in [6.07, 6.45) is 4.73. The molecule has 35 heavy (non-hydrogen) atoms. The van der Waals surface area contributed by atoms with Crippen molar-refractivity contribution in [3.05, 3.63) is 77.0 Å². The Morgan fingerprint density at radius 1 is 1.20 bits per heavy atom. The van der Waals surface area contributed by atoms with E-state index in [0.717, 1.165) is 31.0 Å². The molecule has 1 saturated heterocycles. The lowest BCUT2D eigenvalue weighted by molar-refractivity contribution is 0.0143. The van der Waals surface area contributed by atoms with Gasteiger partial charge in [0.2, 0.25) is 0 Å². The molecule has 1 atom stereocenters. The van der Waals surface area contributed by atoms with E-state index in [4.69, 9.17) is 10.00 Å². The first kappa shape index (κ1) is 24.4. The minimum Gasteiger partial charge on any atom is -0.358 e. The zero-order valence-electron chi connectivity index (χ0n) is 19.3. The summed E-state index contributed by atoms with van der Waals surface area (Å²) < 4.78 is 50.6. The van der Waals surface area contributed by atoms with Gasteiger partial charge in [0, 0.05) is 12.8 Å². The van der Waals surface area contributed by atoms with E-state index >= 15 is 4.39 Å². The Labute approximate surface area is 201 Å². The lowest BCUT2D eigenvalue weighted by Crippen LogP contribution is -2.44. The highest BCUT2D eigenvalue weighted by Crippen LogP contribution is 2.33. The maximum atomic E-state index is 15.2. The molecular formula is C26H23F3N4O2. The molecule has 2 aromatic heterocycles. The fraction of sp³-hybridized carbons (Fsp3) is 0.308. The SMILES string of the molecule is CC(C)c1cc(F)c(-c2c(F)ccc(C#N)c2F)nc1C(=O)N(c1cccnc1)C1CCCCO1. The molecule has 0 N–H and O–H groups in total. The third kappa shape index (κ3) is 4.75. The summed E-state index contributed by atoms with van der Waals surface area (Å²) in [6, 6.07) is 7.88. The van der Waals surface area contributed by atoms with Gasteiger partial charge in [-0.05, 0) is 61.1 Å². The predicted octanol–water partition coefficient (Wildman–Crippen LogP) is 5.73. The number of nitriles is 1. The molecule has 0 bridgehead atoms. The zero-order chi connectivity index (χ0) is 25.1. The summed E-state index contributed by atoms with van der Waals surface area (Å²) in [5.74, 6) is -4.27. The highest BCUT2D eigenvalue weighted by Gasteiger charge is 2.33. The molecule has 1 amide bonds. The van der Waals surface area contributed by atoms with Crippen LogP contribution in [0.3, 0.4) is 0 Å². The first-order valence-electron chi connectivity index (χ1n) is 11.3. The molecule has 9 heteroatoms. The molecule has 6 nitrogen and oxygen atoms in total. The molecule has 1 fully saturated rings. The second-order valence-electron chi connectivity index (χ2n) is 8.51. The Morgan fingerprint density at radius 2 is 2.00 bits per heavy atom. The van der Waals surface area contributed by atoms with Crippen molar-refractivity contribution in [3.63, 3.8) is 0 Å². The van der Waals surface area contributed by atoms with E-state index in [2.05, 4.69) is 9.97 Å². The number of carbonyl (C=O) groups excluding carboxylic acids is 1. The molecular weight excluding hydrogens is 457 g/mol. The third-order valence-corrected chi connectivity index (χ3v) is 5.86. The van der Waals surface area contributed by atoms with Crippen LogP contribution in [0.5, 0.6) is 0 Å². The van der Waals surface area contributed by atoms with Gasteiger partial charge in [0.15, 0.2) is 5.82 Å². The molecule has 3 heterocycles. The van der Waals surface area contributed by atoms with E-state index in [1.54, 1.807) is 38.2 Å². The van der Waals surface area contributed by atoms with Crippen molar-refractivity contribution in [2.24, 2.45) is 0 Å². The van der Waals surface area contributed by atoms with Crippen LogP contribution in [0.2, 0.25) is 0 Å². The summed E-state index contributed by atoms with van der Waals surface area (Å²) >= 11 is 0. The number of hydrogen-bond acceptors (Lipinski definition) is 5. The summed E-state index contributed by atoms with van der Waals surface area (Å²) in [5, 5.41) is 9.15. The summed E-state index contributed by atoms with van der Waals surface area (Å²) in [7, 11) is 0. The van der Waals surface area contributed by atoms with Crippen molar-refractivity contribution in [3.8, 4) is 17.3 Å². The molecule has 180 valence electrons. The van der Waals surface area contributed by atoms with Crippen LogP contribution in [0, 0.1) is 28.8 Å². The van der Waals surface area contributed by atoms with E-state index < -0.39 is 46.4 Å². The topological polar surface area (TPSA) is 79.1 Å². The van der Waals surface area contributed by atoms with Crippen LogP contribution >= 0.6 is 0 Å². The second kappa shape index (κ2) is 10.2. The van der Waals surface area contributed by atoms with Crippen molar-refractivity contribution < 1.29 is 22.7 Å². The molecule has 0 aliphatic carbocycles. The molecule has 1 unspecified atom stereocenters. The Morgan fingerprint density at radius 3 is 2.63 bits per heavy atom. The number of amides is 1.